The van der Waals surface area contributed by atoms with Gasteiger partial charge in [-0.1, -0.05) is 126 Å². The Morgan fingerprint density at radius 2 is 1.17 bits per heavy atom. The van der Waals surface area contributed by atoms with E-state index in [4.69, 9.17) is 9.97 Å². The van der Waals surface area contributed by atoms with Gasteiger partial charge in [0.25, 0.3) is 0 Å². The van der Waals surface area contributed by atoms with Crippen LogP contribution in [0.4, 0.5) is 0 Å². The molecule has 7 rings (SSSR count). The molecule has 0 atom stereocenters. The minimum Gasteiger partial charge on any atom is -0.300 e. The molecule has 0 aliphatic rings. The molecular formula is C43H42N4. The Hall–Kier alpha value is -5.22. The lowest BCUT2D eigenvalue weighted by Gasteiger charge is -2.27. The molecule has 0 radical (unpaired) electrons. The predicted molar refractivity (Wildman–Crippen MR) is 196 cm³/mol. The van der Waals surface area contributed by atoms with Gasteiger partial charge in [-0.2, -0.15) is 0 Å². The Morgan fingerprint density at radius 1 is 0.596 bits per heavy atom. The summed E-state index contributed by atoms with van der Waals surface area (Å²) in [6, 6.07) is 43.5. The number of aromatic nitrogens is 4. The summed E-state index contributed by atoms with van der Waals surface area (Å²) in [5.41, 5.74) is 11.5. The van der Waals surface area contributed by atoms with Crippen molar-refractivity contribution < 1.29 is 0 Å². The number of hydrogen-bond acceptors (Lipinski definition) is 2. The van der Waals surface area contributed by atoms with E-state index in [9.17, 15) is 0 Å². The molecule has 5 aromatic carbocycles. The molecule has 234 valence electrons. The highest BCUT2D eigenvalue weighted by atomic mass is 15.1. The molecule has 0 bridgehead atoms. The molecule has 0 spiro atoms. The Labute approximate surface area is 278 Å². The molecule has 0 aliphatic carbocycles. The van der Waals surface area contributed by atoms with Crippen LogP contribution in [0.15, 0.2) is 134 Å². The summed E-state index contributed by atoms with van der Waals surface area (Å²) in [4.78, 5) is 10.1. The van der Waals surface area contributed by atoms with Crippen LogP contribution in [0.5, 0.6) is 0 Å². The standard InChI is InChI=1S/C43H42N4/c1-29(2)36-21-14-22-37(30(3)4)40(36)47-39-24-11-10-23-38(39)45-42(47)32-16-13-18-34(28-32)43(5,6)33-17-12-15-31(27-33)41-44-25-26-46(41)35-19-8-7-9-20-35/h7-30H,1-6H3. The van der Waals surface area contributed by atoms with Crippen molar-refractivity contribution in [3.8, 4) is 34.2 Å². The average Bonchev–Trinajstić information content (AvgIpc) is 3.74. The molecule has 47 heavy (non-hydrogen) atoms. The minimum absolute atomic E-state index is 0.272. The number of benzene rings is 5. The molecule has 7 aromatic rings. The first-order valence-electron chi connectivity index (χ1n) is 16.7. The van der Waals surface area contributed by atoms with Gasteiger partial charge in [0, 0.05) is 34.6 Å². The van der Waals surface area contributed by atoms with Gasteiger partial charge in [-0.15, -0.1) is 0 Å². The number of para-hydroxylation sites is 4. The van der Waals surface area contributed by atoms with Crippen molar-refractivity contribution in [3.63, 3.8) is 0 Å². The van der Waals surface area contributed by atoms with E-state index < -0.39 is 0 Å². The zero-order valence-corrected chi connectivity index (χ0v) is 28.1. The van der Waals surface area contributed by atoms with E-state index in [0.29, 0.717) is 11.8 Å². The van der Waals surface area contributed by atoms with Gasteiger partial charge >= 0.3 is 0 Å². The van der Waals surface area contributed by atoms with Gasteiger partial charge < -0.3 is 0 Å². The van der Waals surface area contributed by atoms with Crippen LogP contribution >= 0.6 is 0 Å². The van der Waals surface area contributed by atoms with Crippen molar-refractivity contribution in [1.82, 2.24) is 19.1 Å². The smallest absolute Gasteiger partial charge is 0.145 e. The van der Waals surface area contributed by atoms with Crippen LogP contribution in [-0.2, 0) is 5.41 Å². The van der Waals surface area contributed by atoms with Crippen molar-refractivity contribution >= 4 is 11.0 Å². The zero-order valence-electron chi connectivity index (χ0n) is 28.1. The second-order valence-corrected chi connectivity index (χ2v) is 13.6. The molecule has 2 aromatic heterocycles. The van der Waals surface area contributed by atoms with Crippen LogP contribution in [0, 0.1) is 0 Å². The van der Waals surface area contributed by atoms with Crippen molar-refractivity contribution in [2.24, 2.45) is 0 Å². The molecule has 4 heteroatoms. The fraction of sp³-hybridized carbons (Fsp3) is 0.209. The maximum absolute atomic E-state index is 5.29. The summed E-state index contributed by atoms with van der Waals surface area (Å²) >= 11 is 0. The Kier molecular flexibility index (Phi) is 7.89. The first-order chi connectivity index (χ1) is 22.7. The van der Waals surface area contributed by atoms with Gasteiger partial charge in [-0.25, -0.2) is 9.97 Å². The zero-order chi connectivity index (χ0) is 32.7. The molecule has 0 amide bonds. The second-order valence-electron chi connectivity index (χ2n) is 13.6. The second kappa shape index (κ2) is 12.2. The van der Waals surface area contributed by atoms with Crippen LogP contribution < -0.4 is 0 Å². The van der Waals surface area contributed by atoms with E-state index in [0.717, 1.165) is 39.5 Å². The normalized spacial score (nSPS) is 12.0. The minimum atomic E-state index is -0.272. The van der Waals surface area contributed by atoms with Crippen LogP contribution in [0.2, 0.25) is 0 Å². The molecule has 0 unspecified atom stereocenters. The summed E-state index contributed by atoms with van der Waals surface area (Å²) in [6.07, 6.45) is 3.90. The maximum atomic E-state index is 5.29. The lowest BCUT2D eigenvalue weighted by molar-refractivity contribution is 0.641. The third-order valence-electron chi connectivity index (χ3n) is 9.49. The maximum Gasteiger partial charge on any atom is 0.145 e. The number of rotatable bonds is 8. The highest BCUT2D eigenvalue weighted by Crippen LogP contribution is 2.39. The Bertz CT molecular complexity index is 2150. The highest BCUT2D eigenvalue weighted by Gasteiger charge is 2.27. The number of nitrogens with zero attached hydrogens (tertiary/aromatic N) is 4. The number of fused-ring (bicyclic) bond motifs is 1. The fourth-order valence-corrected chi connectivity index (χ4v) is 6.79. The van der Waals surface area contributed by atoms with Crippen molar-refractivity contribution in [3.05, 3.63) is 156 Å². The first-order valence-corrected chi connectivity index (χ1v) is 16.7. The molecule has 0 fully saturated rings. The van der Waals surface area contributed by atoms with Crippen molar-refractivity contribution in [2.75, 3.05) is 0 Å². The number of hydrogen-bond donors (Lipinski definition) is 0. The van der Waals surface area contributed by atoms with E-state index in [1.807, 2.05) is 18.5 Å². The summed E-state index contributed by atoms with van der Waals surface area (Å²) < 4.78 is 4.56. The lowest BCUT2D eigenvalue weighted by atomic mass is 9.77. The molecule has 0 saturated heterocycles. The summed E-state index contributed by atoms with van der Waals surface area (Å²) in [7, 11) is 0. The summed E-state index contributed by atoms with van der Waals surface area (Å²) in [5.74, 6) is 2.64. The van der Waals surface area contributed by atoms with Crippen molar-refractivity contribution in [1.29, 1.82) is 0 Å². The van der Waals surface area contributed by atoms with E-state index in [1.165, 1.54) is 27.9 Å². The molecular weight excluding hydrogens is 573 g/mol. The molecule has 2 heterocycles. The van der Waals surface area contributed by atoms with Gasteiger partial charge in [-0.05, 0) is 70.5 Å². The Balaban J connectivity index is 1.35. The van der Waals surface area contributed by atoms with Crippen LogP contribution in [0.3, 0.4) is 0 Å². The Morgan fingerprint density at radius 3 is 1.81 bits per heavy atom. The van der Waals surface area contributed by atoms with Gasteiger partial charge in [0.2, 0.25) is 0 Å². The first kappa shape index (κ1) is 30.4. The topological polar surface area (TPSA) is 35.6 Å². The molecule has 0 N–H and O–H groups in total. The molecule has 0 saturated carbocycles. The average molecular weight is 615 g/mol. The van der Waals surface area contributed by atoms with Crippen LogP contribution in [0.1, 0.15) is 75.6 Å². The monoisotopic (exact) mass is 614 g/mol. The predicted octanol–water partition coefficient (Wildman–Crippen LogP) is 11.1. The largest absolute Gasteiger partial charge is 0.300 e. The van der Waals surface area contributed by atoms with E-state index in [-0.39, 0.29) is 5.41 Å². The third-order valence-corrected chi connectivity index (χ3v) is 9.49. The molecule has 0 aliphatic heterocycles. The van der Waals surface area contributed by atoms with Crippen LogP contribution in [0.25, 0.3) is 45.2 Å². The van der Waals surface area contributed by atoms with Gasteiger partial charge in [0.15, 0.2) is 0 Å². The van der Waals surface area contributed by atoms with E-state index in [2.05, 4.69) is 166 Å². The highest BCUT2D eigenvalue weighted by molar-refractivity contribution is 5.84. The van der Waals surface area contributed by atoms with Crippen LogP contribution in [-0.4, -0.2) is 19.1 Å². The quantitative estimate of drug-likeness (QED) is 0.171. The van der Waals surface area contributed by atoms with Gasteiger partial charge in [0.1, 0.15) is 11.6 Å². The third kappa shape index (κ3) is 5.48. The van der Waals surface area contributed by atoms with Crippen molar-refractivity contribution in [2.45, 2.75) is 58.8 Å². The molecule has 4 nitrogen and oxygen atoms in total. The lowest BCUT2D eigenvalue weighted by Crippen LogP contribution is -2.19. The van der Waals surface area contributed by atoms with Gasteiger partial charge in [0.05, 0.1) is 16.7 Å². The van der Waals surface area contributed by atoms with Gasteiger partial charge in [-0.3, -0.25) is 9.13 Å². The number of imidazole rings is 2. The van der Waals surface area contributed by atoms with E-state index in [1.54, 1.807) is 0 Å². The van der Waals surface area contributed by atoms with E-state index >= 15 is 0 Å². The summed E-state index contributed by atoms with van der Waals surface area (Å²) in [6.45, 7) is 13.7. The fourth-order valence-electron chi connectivity index (χ4n) is 6.79. The summed E-state index contributed by atoms with van der Waals surface area (Å²) in [5, 5.41) is 0. The SMILES string of the molecule is CC(C)c1cccc(C(C)C)c1-n1c(-c2cccc(C(C)(C)c3cccc(-c4nccn4-c4ccccc4)c3)c2)nc2ccccc21.